The predicted octanol–water partition coefficient (Wildman–Crippen LogP) is 3.84. The molecule has 1 saturated heterocycles. The number of hydrogen-bond acceptors (Lipinski definition) is 3. The Morgan fingerprint density at radius 3 is 2.80 bits per heavy atom. The van der Waals surface area contributed by atoms with Gasteiger partial charge in [-0.3, -0.25) is 4.98 Å². The van der Waals surface area contributed by atoms with Gasteiger partial charge in [-0.25, -0.2) is 9.18 Å². The van der Waals surface area contributed by atoms with Crippen molar-refractivity contribution in [2.24, 2.45) is 0 Å². The van der Waals surface area contributed by atoms with Gasteiger partial charge in [0.15, 0.2) is 0 Å². The summed E-state index contributed by atoms with van der Waals surface area (Å²) in [5.74, 6) is 0.378. The molecule has 5 nitrogen and oxygen atoms in total. The molecule has 2 amide bonds. The molecule has 2 heterocycles. The number of benzene rings is 1. The van der Waals surface area contributed by atoms with Crippen LogP contribution in [0.4, 0.5) is 9.18 Å². The Bertz CT molecular complexity index is 736. The third-order valence-corrected chi connectivity index (χ3v) is 4.62. The predicted molar refractivity (Wildman–Crippen MR) is 92.8 cm³/mol. The second-order valence-electron chi connectivity index (χ2n) is 6.19. The number of methoxy groups -OCH3 is 1. The average molecular weight is 343 g/mol. The van der Waals surface area contributed by atoms with E-state index in [4.69, 9.17) is 4.74 Å². The van der Waals surface area contributed by atoms with Crippen LogP contribution in [0.5, 0.6) is 5.75 Å². The topological polar surface area (TPSA) is 54.5 Å². The van der Waals surface area contributed by atoms with Crippen molar-refractivity contribution in [1.29, 1.82) is 0 Å². The van der Waals surface area contributed by atoms with Crippen molar-refractivity contribution in [2.45, 2.75) is 31.8 Å². The van der Waals surface area contributed by atoms with E-state index in [1.807, 2.05) is 29.2 Å². The SMILES string of the molecule is COc1ccc([C@@H]2CCCN2C(=O)N[C@@H](C)c2ccncc2F)cc1. The van der Waals surface area contributed by atoms with Crippen LogP contribution in [0.25, 0.3) is 0 Å². The molecule has 0 bridgehead atoms. The number of nitrogens with one attached hydrogen (secondary N) is 1. The van der Waals surface area contributed by atoms with Crippen molar-refractivity contribution in [2.75, 3.05) is 13.7 Å². The highest BCUT2D eigenvalue weighted by Crippen LogP contribution is 2.33. The van der Waals surface area contributed by atoms with Crippen molar-refractivity contribution >= 4 is 6.03 Å². The van der Waals surface area contributed by atoms with Crippen molar-refractivity contribution in [3.8, 4) is 5.75 Å². The maximum Gasteiger partial charge on any atom is 0.318 e. The fraction of sp³-hybridized carbons (Fsp3) is 0.368. The van der Waals surface area contributed by atoms with E-state index in [1.165, 1.54) is 6.20 Å². The highest BCUT2D eigenvalue weighted by molar-refractivity contribution is 5.75. The Kier molecular flexibility index (Phi) is 5.16. The number of ether oxygens (including phenoxy) is 1. The molecule has 1 N–H and O–H groups in total. The van der Waals surface area contributed by atoms with Gasteiger partial charge >= 0.3 is 6.03 Å². The Labute approximate surface area is 146 Å². The van der Waals surface area contributed by atoms with E-state index in [0.29, 0.717) is 12.1 Å². The smallest absolute Gasteiger partial charge is 0.318 e. The third kappa shape index (κ3) is 3.73. The van der Waals surface area contributed by atoms with E-state index in [0.717, 1.165) is 30.4 Å². The van der Waals surface area contributed by atoms with Crippen LogP contribution >= 0.6 is 0 Å². The number of hydrogen-bond donors (Lipinski definition) is 1. The van der Waals surface area contributed by atoms with Crippen LogP contribution in [-0.2, 0) is 0 Å². The fourth-order valence-corrected chi connectivity index (χ4v) is 3.27. The number of carbonyl (C=O) groups excluding carboxylic acids is 1. The summed E-state index contributed by atoms with van der Waals surface area (Å²) in [4.78, 5) is 18.3. The summed E-state index contributed by atoms with van der Waals surface area (Å²) in [5.41, 5.74) is 1.51. The number of nitrogens with zero attached hydrogens (tertiary/aromatic N) is 2. The first kappa shape index (κ1) is 17.2. The Hall–Kier alpha value is -2.63. The lowest BCUT2D eigenvalue weighted by Gasteiger charge is -2.27. The van der Waals surface area contributed by atoms with E-state index >= 15 is 0 Å². The summed E-state index contributed by atoms with van der Waals surface area (Å²) in [6, 6.07) is 8.79. The van der Waals surface area contributed by atoms with Gasteiger partial charge in [0, 0.05) is 18.3 Å². The maximum absolute atomic E-state index is 13.8. The van der Waals surface area contributed by atoms with Gasteiger partial charge in [0.25, 0.3) is 0 Å². The van der Waals surface area contributed by atoms with E-state index < -0.39 is 11.9 Å². The summed E-state index contributed by atoms with van der Waals surface area (Å²) in [5, 5.41) is 2.90. The van der Waals surface area contributed by atoms with E-state index in [2.05, 4.69) is 10.3 Å². The molecule has 132 valence electrons. The molecule has 6 heteroatoms. The molecule has 1 aromatic heterocycles. The Morgan fingerprint density at radius 2 is 2.12 bits per heavy atom. The van der Waals surface area contributed by atoms with Crippen molar-refractivity contribution in [3.05, 3.63) is 59.7 Å². The lowest BCUT2D eigenvalue weighted by atomic mass is 10.0. The van der Waals surface area contributed by atoms with Crippen LogP contribution in [0.1, 0.15) is 43.0 Å². The normalized spacial score (nSPS) is 18.0. The zero-order valence-electron chi connectivity index (χ0n) is 14.4. The molecule has 25 heavy (non-hydrogen) atoms. The average Bonchev–Trinajstić information content (AvgIpc) is 3.12. The molecule has 0 spiro atoms. The summed E-state index contributed by atoms with van der Waals surface area (Å²) in [6.45, 7) is 2.46. The molecule has 3 rings (SSSR count). The standard InChI is InChI=1S/C19H22FN3O2/c1-13(16-9-10-21-12-17(16)20)22-19(24)23-11-3-4-18(23)14-5-7-15(25-2)8-6-14/h5-10,12-13,18H,3-4,11H2,1-2H3,(H,22,24)/t13-,18-/m0/s1. The summed E-state index contributed by atoms with van der Waals surface area (Å²) in [7, 11) is 1.63. The number of carbonyl (C=O) groups is 1. The van der Waals surface area contributed by atoms with Gasteiger partial charge in [-0.05, 0) is 43.5 Å². The molecule has 0 aliphatic carbocycles. The van der Waals surface area contributed by atoms with Crippen LogP contribution in [0, 0.1) is 5.82 Å². The highest BCUT2D eigenvalue weighted by Gasteiger charge is 2.30. The molecule has 1 fully saturated rings. The minimum absolute atomic E-state index is 0.0281. The van der Waals surface area contributed by atoms with Gasteiger partial charge in [0.2, 0.25) is 0 Å². The quantitative estimate of drug-likeness (QED) is 0.918. The fourth-order valence-electron chi connectivity index (χ4n) is 3.27. The molecule has 1 aliphatic rings. The van der Waals surface area contributed by atoms with Crippen LogP contribution in [0.3, 0.4) is 0 Å². The first-order chi connectivity index (χ1) is 12.1. The number of likely N-dealkylation sites (tertiary alicyclic amines) is 1. The Balaban J connectivity index is 1.71. The monoisotopic (exact) mass is 343 g/mol. The molecule has 2 atom stereocenters. The minimum Gasteiger partial charge on any atom is -0.497 e. The number of aromatic nitrogens is 1. The molecule has 0 unspecified atom stereocenters. The van der Waals surface area contributed by atoms with Gasteiger partial charge < -0.3 is 15.0 Å². The first-order valence-electron chi connectivity index (χ1n) is 8.40. The zero-order chi connectivity index (χ0) is 17.8. The van der Waals surface area contributed by atoms with Gasteiger partial charge in [0.1, 0.15) is 11.6 Å². The van der Waals surface area contributed by atoms with Gasteiger partial charge in [0.05, 0.1) is 25.4 Å². The molecule has 1 aromatic carbocycles. The number of rotatable bonds is 4. The molecule has 0 saturated carbocycles. The molecule has 1 aliphatic heterocycles. The number of urea groups is 1. The molecule has 2 aromatic rings. The lowest BCUT2D eigenvalue weighted by Crippen LogP contribution is -2.40. The number of pyridine rings is 1. The van der Waals surface area contributed by atoms with Gasteiger partial charge in [-0.15, -0.1) is 0 Å². The van der Waals surface area contributed by atoms with E-state index in [-0.39, 0.29) is 12.1 Å². The van der Waals surface area contributed by atoms with Crippen LogP contribution in [0.2, 0.25) is 0 Å². The second kappa shape index (κ2) is 7.51. The third-order valence-electron chi connectivity index (χ3n) is 4.62. The van der Waals surface area contributed by atoms with E-state index in [9.17, 15) is 9.18 Å². The van der Waals surface area contributed by atoms with E-state index in [1.54, 1.807) is 20.1 Å². The first-order valence-corrected chi connectivity index (χ1v) is 8.40. The minimum atomic E-state index is -0.424. The van der Waals surface area contributed by atoms with Crippen LogP contribution < -0.4 is 10.1 Å². The molecule has 0 radical (unpaired) electrons. The zero-order valence-corrected chi connectivity index (χ0v) is 14.4. The van der Waals surface area contributed by atoms with Crippen molar-refractivity contribution in [1.82, 2.24) is 15.2 Å². The summed E-state index contributed by atoms with van der Waals surface area (Å²) >= 11 is 0. The molecular weight excluding hydrogens is 321 g/mol. The van der Waals surface area contributed by atoms with Gasteiger partial charge in [-0.1, -0.05) is 12.1 Å². The molecular formula is C19H22FN3O2. The Morgan fingerprint density at radius 1 is 1.36 bits per heavy atom. The summed E-state index contributed by atoms with van der Waals surface area (Å²) < 4.78 is 19.0. The lowest BCUT2D eigenvalue weighted by molar-refractivity contribution is 0.189. The van der Waals surface area contributed by atoms with Gasteiger partial charge in [-0.2, -0.15) is 0 Å². The second-order valence-corrected chi connectivity index (χ2v) is 6.19. The highest BCUT2D eigenvalue weighted by atomic mass is 19.1. The van der Waals surface area contributed by atoms with Crippen LogP contribution in [0.15, 0.2) is 42.7 Å². The largest absolute Gasteiger partial charge is 0.497 e. The maximum atomic E-state index is 13.8. The number of amides is 2. The summed E-state index contributed by atoms with van der Waals surface area (Å²) in [6.07, 6.45) is 4.55. The van der Waals surface area contributed by atoms with Crippen molar-refractivity contribution < 1.29 is 13.9 Å². The van der Waals surface area contributed by atoms with Crippen molar-refractivity contribution in [3.63, 3.8) is 0 Å². The number of halogens is 1. The van der Waals surface area contributed by atoms with Crippen LogP contribution in [-0.4, -0.2) is 29.6 Å².